The number of nitrogens with one attached hydrogen (secondary N) is 1. The second kappa shape index (κ2) is 10.9. The lowest BCUT2D eigenvalue weighted by Gasteiger charge is -2.09. The molecule has 4 heteroatoms. The van der Waals surface area contributed by atoms with Gasteiger partial charge >= 0.3 is 0 Å². The van der Waals surface area contributed by atoms with Crippen LogP contribution in [-0.2, 0) is 0 Å². The van der Waals surface area contributed by atoms with Crippen molar-refractivity contribution in [3.63, 3.8) is 0 Å². The van der Waals surface area contributed by atoms with Crippen LogP contribution in [0.5, 0.6) is 0 Å². The number of amidine groups is 1. The Labute approximate surface area is 138 Å². The van der Waals surface area contributed by atoms with Crippen LogP contribution in [0.15, 0.2) is 23.2 Å². The van der Waals surface area contributed by atoms with Gasteiger partial charge in [0.1, 0.15) is 5.84 Å². The minimum Gasteiger partial charge on any atom is -0.374 e. The zero-order chi connectivity index (χ0) is 15.5. The molecule has 0 saturated heterocycles. The standard InChI is InChI=1S/C17H26Cl2N2/c1-3-5-6-7-8-9-13-20-16(4-2)21-15-12-10-11-14(18)17(15)19/h10-12H,3-9,13H2,1-2H3,(H,20,21). The first kappa shape index (κ1) is 18.3. The van der Waals surface area contributed by atoms with Gasteiger partial charge in [-0.3, -0.25) is 0 Å². The van der Waals surface area contributed by atoms with E-state index in [1.807, 2.05) is 12.1 Å². The second-order valence-corrected chi connectivity index (χ2v) is 5.96. The zero-order valence-electron chi connectivity index (χ0n) is 13.1. The highest BCUT2D eigenvalue weighted by molar-refractivity contribution is 6.43. The Balaban J connectivity index is 2.40. The van der Waals surface area contributed by atoms with Gasteiger partial charge in [-0.15, -0.1) is 0 Å². The molecule has 118 valence electrons. The molecule has 1 aromatic carbocycles. The van der Waals surface area contributed by atoms with Crippen molar-refractivity contribution in [1.82, 2.24) is 5.32 Å². The maximum Gasteiger partial charge on any atom is 0.102 e. The maximum absolute atomic E-state index is 6.16. The van der Waals surface area contributed by atoms with Crippen molar-refractivity contribution in [2.45, 2.75) is 58.8 Å². The van der Waals surface area contributed by atoms with E-state index in [1.54, 1.807) is 6.07 Å². The molecule has 0 amide bonds. The molecule has 0 aliphatic rings. The summed E-state index contributed by atoms with van der Waals surface area (Å²) >= 11 is 12.2. The molecule has 0 aliphatic carbocycles. The lowest BCUT2D eigenvalue weighted by molar-refractivity contribution is 0.601. The van der Waals surface area contributed by atoms with E-state index in [1.165, 1.54) is 38.5 Å². The predicted octanol–water partition coefficient (Wildman–Crippen LogP) is 6.38. The van der Waals surface area contributed by atoms with E-state index in [-0.39, 0.29) is 0 Å². The van der Waals surface area contributed by atoms with E-state index in [0.29, 0.717) is 10.0 Å². The van der Waals surface area contributed by atoms with Gasteiger partial charge in [0.2, 0.25) is 0 Å². The summed E-state index contributed by atoms with van der Waals surface area (Å²) in [5.74, 6) is 0.965. The molecular weight excluding hydrogens is 303 g/mol. The average molecular weight is 329 g/mol. The normalized spacial score (nSPS) is 11.7. The van der Waals surface area contributed by atoms with Gasteiger partial charge in [0.15, 0.2) is 0 Å². The fourth-order valence-corrected chi connectivity index (χ4v) is 2.44. The van der Waals surface area contributed by atoms with Crippen molar-refractivity contribution in [2.75, 3.05) is 6.54 Å². The smallest absolute Gasteiger partial charge is 0.102 e. The van der Waals surface area contributed by atoms with E-state index >= 15 is 0 Å². The molecule has 1 aromatic rings. The SMILES string of the molecule is CCCCCCCCN/C(CC)=N\c1cccc(Cl)c1Cl. The van der Waals surface area contributed by atoms with Crippen molar-refractivity contribution in [3.05, 3.63) is 28.2 Å². The number of rotatable bonds is 9. The molecule has 0 fully saturated rings. The van der Waals surface area contributed by atoms with Crippen molar-refractivity contribution < 1.29 is 0 Å². The molecule has 1 rings (SSSR count). The van der Waals surface area contributed by atoms with E-state index < -0.39 is 0 Å². The Morgan fingerprint density at radius 3 is 2.48 bits per heavy atom. The van der Waals surface area contributed by atoms with E-state index in [9.17, 15) is 0 Å². The van der Waals surface area contributed by atoms with Gasteiger partial charge in [0, 0.05) is 13.0 Å². The number of benzene rings is 1. The monoisotopic (exact) mass is 328 g/mol. The largest absolute Gasteiger partial charge is 0.374 e. The van der Waals surface area contributed by atoms with Gasteiger partial charge in [-0.1, -0.05) is 75.2 Å². The summed E-state index contributed by atoms with van der Waals surface area (Å²) in [6, 6.07) is 5.53. The van der Waals surface area contributed by atoms with Gasteiger partial charge in [-0.2, -0.15) is 0 Å². The van der Waals surface area contributed by atoms with Crippen molar-refractivity contribution in [1.29, 1.82) is 0 Å². The third-order valence-corrected chi connectivity index (χ3v) is 4.19. The summed E-state index contributed by atoms with van der Waals surface area (Å²) in [5.41, 5.74) is 0.733. The Morgan fingerprint density at radius 2 is 1.76 bits per heavy atom. The molecule has 0 spiro atoms. The van der Waals surface area contributed by atoms with Gasteiger partial charge in [-0.05, 0) is 18.6 Å². The molecule has 0 aromatic heterocycles. The fourth-order valence-electron chi connectivity index (χ4n) is 2.11. The van der Waals surface area contributed by atoms with Gasteiger partial charge in [0.05, 0.1) is 15.7 Å². The van der Waals surface area contributed by atoms with Crippen LogP contribution in [0.4, 0.5) is 5.69 Å². The van der Waals surface area contributed by atoms with Gasteiger partial charge < -0.3 is 5.32 Å². The molecule has 0 aliphatic heterocycles. The molecule has 0 bridgehead atoms. The van der Waals surface area contributed by atoms with Crippen LogP contribution in [0.3, 0.4) is 0 Å². The third kappa shape index (κ3) is 7.19. The van der Waals surface area contributed by atoms with E-state index in [0.717, 1.165) is 24.5 Å². The second-order valence-electron chi connectivity index (χ2n) is 5.18. The molecule has 0 unspecified atom stereocenters. The van der Waals surface area contributed by atoms with E-state index in [2.05, 4.69) is 24.2 Å². The zero-order valence-corrected chi connectivity index (χ0v) is 14.6. The maximum atomic E-state index is 6.16. The van der Waals surface area contributed by atoms with Crippen LogP contribution < -0.4 is 5.32 Å². The summed E-state index contributed by atoms with van der Waals surface area (Å²) in [6.45, 7) is 5.30. The van der Waals surface area contributed by atoms with Crippen LogP contribution >= 0.6 is 23.2 Å². The molecule has 1 N–H and O–H groups in total. The Morgan fingerprint density at radius 1 is 1.05 bits per heavy atom. The van der Waals surface area contributed by atoms with Crippen molar-refractivity contribution in [3.8, 4) is 0 Å². The highest BCUT2D eigenvalue weighted by atomic mass is 35.5. The predicted molar refractivity (Wildman–Crippen MR) is 95.2 cm³/mol. The topological polar surface area (TPSA) is 24.4 Å². The van der Waals surface area contributed by atoms with Crippen LogP contribution in [0.2, 0.25) is 10.0 Å². The van der Waals surface area contributed by atoms with E-state index in [4.69, 9.17) is 23.2 Å². The molecule has 21 heavy (non-hydrogen) atoms. The number of hydrogen-bond acceptors (Lipinski definition) is 1. The first-order valence-electron chi connectivity index (χ1n) is 7.94. The fraction of sp³-hybridized carbons (Fsp3) is 0.588. The minimum absolute atomic E-state index is 0.520. The summed E-state index contributed by atoms with van der Waals surface area (Å²) in [5, 5.41) is 4.47. The van der Waals surface area contributed by atoms with Gasteiger partial charge in [0.25, 0.3) is 0 Å². The van der Waals surface area contributed by atoms with Gasteiger partial charge in [-0.25, -0.2) is 4.99 Å². The van der Waals surface area contributed by atoms with Crippen molar-refractivity contribution >= 4 is 34.7 Å². The number of nitrogens with zero attached hydrogens (tertiary/aromatic N) is 1. The highest BCUT2D eigenvalue weighted by Gasteiger charge is 2.04. The lowest BCUT2D eigenvalue weighted by Crippen LogP contribution is -2.23. The lowest BCUT2D eigenvalue weighted by atomic mass is 10.1. The van der Waals surface area contributed by atoms with Crippen LogP contribution in [0.25, 0.3) is 0 Å². The first-order valence-corrected chi connectivity index (χ1v) is 8.70. The number of halogens is 2. The number of unbranched alkanes of at least 4 members (excludes halogenated alkanes) is 5. The van der Waals surface area contributed by atoms with Crippen LogP contribution in [0.1, 0.15) is 58.8 Å². The molecule has 0 heterocycles. The first-order chi connectivity index (χ1) is 10.2. The molecule has 0 radical (unpaired) electrons. The number of aliphatic imine (C=N–C) groups is 1. The molecule has 0 saturated carbocycles. The number of hydrogen-bond donors (Lipinski definition) is 1. The summed E-state index contributed by atoms with van der Waals surface area (Å²) in [7, 11) is 0. The highest BCUT2D eigenvalue weighted by Crippen LogP contribution is 2.31. The average Bonchev–Trinajstić information content (AvgIpc) is 2.49. The quantitative estimate of drug-likeness (QED) is 0.317. The Kier molecular flexibility index (Phi) is 9.53. The van der Waals surface area contributed by atoms with Crippen molar-refractivity contribution in [2.24, 2.45) is 4.99 Å². The minimum atomic E-state index is 0.520. The summed E-state index contributed by atoms with van der Waals surface area (Å²) in [6.07, 6.45) is 8.65. The molecule has 0 atom stereocenters. The molecular formula is C17H26Cl2N2. The Bertz CT molecular complexity index is 444. The third-order valence-electron chi connectivity index (χ3n) is 3.38. The summed E-state index contributed by atoms with van der Waals surface area (Å²) in [4.78, 5) is 4.57. The van der Waals surface area contributed by atoms with Crippen LogP contribution in [0, 0.1) is 0 Å². The Hall–Kier alpha value is -0.730. The van der Waals surface area contributed by atoms with Crippen LogP contribution in [-0.4, -0.2) is 12.4 Å². The molecule has 2 nitrogen and oxygen atoms in total. The summed E-state index contributed by atoms with van der Waals surface area (Å²) < 4.78 is 0.